The van der Waals surface area contributed by atoms with Crippen molar-refractivity contribution in [2.24, 2.45) is 5.92 Å². The molecule has 1 aromatic heterocycles. The molecule has 0 radical (unpaired) electrons. The summed E-state index contributed by atoms with van der Waals surface area (Å²) in [6.07, 6.45) is 6.10. The van der Waals surface area contributed by atoms with E-state index in [1.54, 1.807) is 12.4 Å². The van der Waals surface area contributed by atoms with Crippen LogP contribution in [0.25, 0.3) is 0 Å². The number of nitrogens with zero attached hydrogens (tertiary/aromatic N) is 1. The van der Waals surface area contributed by atoms with Crippen molar-refractivity contribution in [2.45, 2.75) is 33.1 Å². The highest BCUT2D eigenvalue weighted by atomic mass is 16.1. The highest BCUT2D eigenvalue weighted by Gasteiger charge is 2.06. The topological polar surface area (TPSA) is 42.0 Å². The Bertz CT molecular complexity index is 307. The minimum atomic E-state index is 0.0955. The van der Waals surface area contributed by atoms with E-state index < -0.39 is 0 Å². The molecule has 1 aromatic rings. The zero-order valence-electron chi connectivity index (χ0n) is 10.1. The number of aromatic nitrogens is 1. The Kier molecular flexibility index (Phi) is 5.54. The first-order valence-electron chi connectivity index (χ1n) is 5.91. The first-order chi connectivity index (χ1) is 7.76. The van der Waals surface area contributed by atoms with Gasteiger partial charge in [-0.05, 0) is 23.6 Å². The van der Waals surface area contributed by atoms with E-state index in [0.29, 0.717) is 12.3 Å². The van der Waals surface area contributed by atoms with Crippen molar-refractivity contribution in [3.63, 3.8) is 0 Å². The molecule has 0 saturated heterocycles. The molecule has 0 fully saturated rings. The van der Waals surface area contributed by atoms with E-state index in [1.165, 1.54) is 0 Å². The third-order valence-electron chi connectivity index (χ3n) is 2.86. The average molecular weight is 220 g/mol. The fourth-order valence-electron chi connectivity index (χ4n) is 1.58. The van der Waals surface area contributed by atoms with Gasteiger partial charge in [-0.3, -0.25) is 9.78 Å². The number of hydrogen-bond acceptors (Lipinski definition) is 2. The Morgan fingerprint density at radius 1 is 1.31 bits per heavy atom. The molecule has 16 heavy (non-hydrogen) atoms. The van der Waals surface area contributed by atoms with Gasteiger partial charge in [0.15, 0.2) is 0 Å². The zero-order chi connectivity index (χ0) is 11.8. The van der Waals surface area contributed by atoms with Crippen molar-refractivity contribution in [2.75, 3.05) is 6.54 Å². The summed E-state index contributed by atoms with van der Waals surface area (Å²) in [5, 5.41) is 2.97. The largest absolute Gasteiger partial charge is 0.356 e. The summed E-state index contributed by atoms with van der Waals surface area (Å²) in [6, 6.07) is 3.74. The SMILES string of the molecule is CCC(CC)CNC(=O)Cc1ccncc1. The molecular formula is C13H20N2O. The Hall–Kier alpha value is -1.38. The minimum Gasteiger partial charge on any atom is -0.356 e. The van der Waals surface area contributed by atoms with Crippen LogP contribution in [0.5, 0.6) is 0 Å². The van der Waals surface area contributed by atoms with Gasteiger partial charge in [-0.2, -0.15) is 0 Å². The van der Waals surface area contributed by atoms with Gasteiger partial charge in [-0.15, -0.1) is 0 Å². The second-order valence-corrected chi connectivity index (χ2v) is 4.02. The fourth-order valence-corrected chi connectivity index (χ4v) is 1.58. The maximum Gasteiger partial charge on any atom is 0.224 e. The lowest BCUT2D eigenvalue weighted by molar-refractivity contribution is -0.120. The van der Waals surface area contributed by atoms with Crippen molar-refractivity contribution in [3.05, 3.63) is 30.1 Å². The third-order valence-corrected chi connectivity index (χ3v) is 2.86. The number of carbonyl (C=O) groups excluding carboxylic acids is 1. The van der Waals surface area contributed by atoms with Crippen LogP contribution in [-0.4, -0.2) is 17.4 Å². The average Bonchev–Trinajstić information content (AvgIpc) is 2.31. The van der Waals surface area contributed by atoms with E-state index in [2.05, 4.69) is 24.1 Å². The number of hydrogen-bond donors (Lipinski definition) is 1. The van der Waals surface area contributed by atoms with Crippen LogP contribution < -0.4 is 5.32 Å². The lowest BCUT2D eigenvalue weighted by Gasteiger charge is -2.13. The van der Waals surface area contributed by atoms with Crippen molar-refractivity contribution in [3.8, 4) is 0 Å². The summed E-state index contributed by atoms with van der Waals surface area (Å²) in [5.41, 5.74) is 1.01. The molecule has 3 heteroatoms. The second kappa shape index (κ2) is 6.99. The predicted octanol–water partition coefficient (Wildman–Crippen LogP) is 2.18. The van der Waals surface area contributed by atoms with Crippen LogP contribution in [0.3, 0.4) is 0 Å². The molecule has 0 unspecified atom stereocenters. The van der Waals surface area contributed by atoms with Gasteiger partial charge in [-0.25, -0.2) is 0 Å². The van der Waals surface area contributed by atoms with Gasteiger partial charge >= 0.3 is 0 Å². The molecule has 1 N–H and O–H groups in total. The van der Waals surface area contributed by atoms with E-state index in [-0.39, 0.29) is 5.91 Å². The van der Waals surface area contributed by atoms with Crippen molar-refractivity contribution in [1.29, 1.82) is 0 Å². The van der Waals surface area contributed by atoms with Crippen LogP contribution in [0, 0.1) is 5.92 Å². The monoisotopic (exact) mass is 220 g/mol. The molecule has 3 nitrogen and oxygen atoms in total. The number of amides is 1. The first kappa shape index (κ1) is 12.7. The van der Waals surface area contributed by atoms with Gasteiger partial charge in [0, 0.05) is 18.9 Å². The van der Waals surface area contributed by atoms with E-state index in [1.807, 2.05) is 12.1 Å². The third kappa shape index (κ3) is 4.43. The van der Waals surface area contributed by atoms with E-state index in [4.69, 9.17) is 0 Å². The Balaban J connectivity index is 2.31. The lowest BCUT2D eigenvalue weighted by atomic mass is 10.0. The van der Waals surface area contributed by atoms with Crippen LogP contribution in [0.2, 0.25) is 0 Å². The lowest BCUT2D eigenvalue weighted by Crippen LogP contribution is -2.30. The standard InChI is InChI=1S/C13H20N2O/c1-3-11(4-2)10-15-13(16)9-12-5-7-14-8-6-12/h5-8,11H,3-4,9-10H2,1-2H3,(H,15,16). The molecule has 0 aromatic carbocycles. The summed E-state index contributed by atoms with van der Waals surface area (Å²) in [4.78, 5) is 15.5. The normalized spacial score (nSPS) is 10.4. The van der Waals surface area contributed by atoms with Crippen LogP contribution in [-0.2, 0) is 11.2 Å². The molecule has 88 valence electrons. The van der Waals surface area contributed by atoms with Crippen LogP contribution in [0.15, 0.2) is 24.5 Å². The quantitative estimate of drug-likeness (QED) is 0.798. The molecule has 0 aliphatic carbocycles. The number of carbonyl (C=O) groups is 1. The van der Waals surface area contributed by atoms with Crippen molar-refractivity contribution < 1.29 is 4.79 Å². The Morgan fingerprint density at radius 2 is 1.94 bits per heavy atom. The Labute approximate surface area is 97.3 Å². The summed E-state index contributed by atoms with van der Waals surface area (Å²) < 4.78 is 0. The second-order valence-electron chi connectivity index (χ2n) is 4.02. The molecule has 0 saturated carbocycles. The molecule has 0 atom stereocenters. The van der Waals surface area contributed by atoms with Crippen molar-refractivity contribution >= 4 is 5.91 Å². The molecule has 1 rings (SSSR count). The van der Waals surface area contributed by atoms with Gasteiger partial charge in [0.1, 0.15) is 0 Å². The van der Waals surface area contributed by atoms with Crippen LogP contribution in [0.4, 0.5) is 0 Å². The number of pyridine rings is 1. The summed E-state index contributed by atoms with van der Waals surface area (Å²) in [5.74, 6) is 0.694. The molecule has 1 heterocycles. The number of rotatable bonds is 6. The summed E-state index contributed by atoms with van der Waals surface area (Å²) in [6.45, 7) is 5.10. The van der Waals surface area contributed by atoms with Crippen LogP contribution >= 0.6 is 0 Å². The first-order valence-corrected chi connectivity index (χ1v) is 5.91. The van der Waals surface area contributed by atoms with Gasteiger partial charge in [-0.1, -0.05) is 26.7 Å². The van der Waals surface area contributed by atoms with E-state index >= 15 is 0 Å². The highest BCUT2D eigenvalue weighted by molar-refractivity contribution is 5.78. The van der Waals surface area contributed by atoms with Crippen LogP contribution in [0.1, 0.15) is 32.3 Å². The molecule has 0 aliphatic heterocycles. The maximum atomic E-state index is 11.6. The zero-order valence-corrected chi connectivity index (χ0v) is 10.1. The minimum absolute atomic E-state index is 0.0955. The smallest absolute Gasteiger partial charge is 0.224 e. The molecule has 0 bridgehead atoms. The summed E-state index contributed by atoms with van der Waals surface area (Å²) in [7, 11) is 0. The van der Waals surface area contributed by atoms with Gasteiger partial charge < -0.3 is 5.32 Å². The van der Waals surface area contributed by atoms with E-state index in [0.717, 1.165) is 24.9 Å². The predicted molar refractivity (Wildman–Crippen MR) is 65.0 cm³/mol. The highest BCUT2D eigenvalue weighted by Crippen LogP contribution is 2.05. The molecule has 0 spiro atoms. The molecule has 0 aliphatic rings. The van der Waals surface area contributed by atoms with Gasteiger partial charge in [0.25, 0.3) is 0 Å². The van der Waals surface area contributed by atoms with Gasteiger partial charge in [0.05, 0.1) is 6.42 Å². The fraction of sp³-hybridized carbons (Fsp3) is 0.538. The number of nitrogens with one attached hydrogen (secondary N) is 1. The van der Waals surface area contributed by atoms with E-state index in [9.17, 15) is 4.79 Å². The Morgan fingerprint density at radius 3 is 2.50 bits per heavy atom. The molecular weight excluding hydrogens is 200 g/mol. The maximum absolute atomic E-state index is 11.6. The van der Waals surface area contributed by atoms with Crippen molar-refractivity contribution in [1.82, 2.24) is 10.3 Å². The van der Waals surface area contributed by atoms with Gasteiger partial charge in [0.2, 0.25) is 5.91 Å². The summed E-state index contributed by atoms with van der Waals surface area (Å²) >= 11 is 0. The molecule has 1 amide bonds.